The van der Waals surface area contributed by atoms with Crippen molar-refractivity contribution < 1.29 is 8.42 Å². The molecule has 0 atom stereocenters. The summed E-state index contributed by atoms with van der Waals surface area (Å²) in [6.07, 6.45) is 5.29. The molecule has 1 aliphatic carbocycles. The first-order valence-corrected chi connectivity index (χ1v) is 10.5. The van der Waals surface area contributed by atoms with Gasteiger partial charge in [0.2, 0.25) is 10.0 Å². The lowest BCUT2D eigenvalue weighted by molar-refractivity contribution is 0.597. The molecule has 142 valence electrons. The van der Waals surface area contributed by atoms with Crippen LogP contribution < -0.4 is 5.14 Å². The van der Waals surface area contributed by atoms with Gasteiger partial charge in [0.1, 0.15) is 16.2 Å². The minimum atomic E-state index is -3.76. The van der Waals surface area contributed by atoms with Crippen molar-refractivity contribution >= 4 is 32.1 Å². The number of sulfonamides is 1. The first-order valence-electron chi connectivity index (χ1n) is 9.00. The number of nitrogens with two attached hydrogens (primary N) is 1. The Morgan fingerprint density at radius 3 is 2.61 bits per heavy atom. The summed E-state index contributed by atoms with van der Waals surface area (Å²) in [7, 11) is -3.76. The van der Waals surface area contributed by atoms with Gasteiger partial charge in [-0.3, -0.25) is 4.98 Å². The predicted octanol–water partition coefficient (Wildman–Crippen LogP) is 2.26. The molecule has 0 aromatic carbocycles. The zero-order chi connectivity index (χ0) is 19.5. The molecule has 4 heterocycles. The molecule has 9 heteroatoms. The molecule has 0 unspecified atom stereocenters. The van der Waals surface area contributed by atoms with Crippen LogP contribution in [-0.4, -0.2) is 32.9 Å². The Morgan fingerprint density at radius 2 is 1.93 bits per heavy atom. The number of pyridine rings is 3. The van der Waals surface area contributed by atoms with Crippen LogP contribution in [0.5, 0.6) is 0 Å². The van der Waals surface area contributed by atoms with Gasteiger partial charge < -0.3 is 4.57 Å². The van der Waals surface area contributed by atoms with E-state index in [-0.39, 0.29) is 4.90 Å². The Morgan fingerprint density at radius 1 is 1.11 bits per heavy atom. The topological polar surface area (TPSA) is 117 Å². The molecule has 0 aliphatic heterocycles. The molecule has 1 fully saturated rings. The van der Waals surface area contributed by atoms with E-state index in [1.54, 1.807) is 12.3 Å². The van der Waals surface area contributed by atoms with Gasteiger partial charge in [0.05, 0.1) is 24.0 Å². The highest BCUT2D eigenvalue weighted by Gasteiger charge is 2.30. The third-order valence-electron chi connectivity index (χ3n) is 4.99. The number of aryl methyl sites for hydroxylation is 1. The molecule has 1 aliphatic rings. The molecule has 5 rings (SSSR count). The highest BCUT2D eigenvalue weighted by molar-refractivity contribution is 7.89. The van der Waals surface area contributed by atoms with E-state index < -0.39 is 10.0 Å². The molecule has 1 saturated carbocycles. The van der Waals surface area contributed by atoms with Crippen molar-refractivity contribution in [1.82, 2.24) is 24.5 Å². The van der Waals surface area contributed by atoms with Gasteiger partial charge in [0.15, 0.2) is 5.65 Å². The SMILES string of the molecule is Cc1ccc2c(ncc3nc(C4CC4)n(Cc4ccc(S(N)(=O)=O)cn4)c32)n1. The van der Waals surface area contributed by atoms with Gasteiger partial charge in [-0.05, 0) is 44.0 Å². The highest BCUT2D eigenvalue weighted by atomic mass is 32.2. The van der Waals surface area contributed by atoms with Gasteiger partial charge in [0, 0.05) is 23.2 Å². The van der Waals surface area contributed by atoms with Crippen molar-refractivity contribution in [2.45, 2.75) is 37.1 Å². The third kappa shape index (κ3) is 2.92. The predicted molar refractivity (Wildman–Crippen MR) is 104 cm³/mol. The van der Waals surface area contributed by atoms with Gasteiger partial charge in [-0.1, -0.05) is 0 Å². The van der Waals surface area contributed by atoms with Crippen LogP contribution in [0.2, 0.25) is 0 Å². The van der Waals surface area contributed by atoms with E-state index in [9.17, 15) is 8.42 Å². The number of nitrogens with zero attached hydrogens (tertiary/aromatic N) is 5. The standard InChI is InChI=1S/C19H18N6O2S/c1-11-2-7-15-17-16(9-22-18(15)23-11)24-19(12-3-4-12)25(17)10-13-5-6-14(8-21-13)28(20,26)27/h2,5-9,12H,3-4,10H2,1H3,(H2,20,26,27). The Bertz CT molecular complexity index is 1320. The van der Waals surface area contributed by atoms with Crippen molar-refractivity contribution in [2.24, 2.45) is 5.14 Å². The molecule has 0 bridgehead atoms. The zero-order valence-corrected chi connectivity index (χ0v) is 16.0. The highest BCUT2D eigenvalue weighted by Crippen LogP contribution is 2.41. The lowest BCUT2D eigenvalue weighted by Gasteiger charge is -2.10. The summed E-state index contributed by atoms with van der Waals surface area (Å²) in [5.41, 5.74) is 4.15. The molecule has 8 nitrogen and oxygen atoms in total. The number of aromatic nitrogens is 5. The summed E-state index contributed by atoms with van der Waals surface area (Å²) in [6, 6.07) is 7.17. The van der Waals surface area contributed by atoms with E-state index in [0.717, 1.165) is 46.5 Å². The Labute approximate surface area is 161 Å². The van der Waals surface area contributed by atoms with Crippen LogP contribution in [0.1, 0.15) is 36.0 Å². The van der Waals surface area contributed by atoms with Crippen molar-refractivity contribution in [3.05, 3.63) is 53.9 Å². The van der Waals surface area contributed by atoms with Crippen LogP contribution >= 0.6 is 0 Å². The normalized spacial score (nSPS) is 14.8. The van der Waals surface area contributed by atoms with Crippen LogP contribution in [0.3, 0.4) is 0 Å². The van der Waals surface area contributed by atoms with Crippen molar-refractivity contribution in [1.29, 1.82) is 0 Å². The summed E-state index contributed by atoms with van der Waals surface area (Å²) >= 11 is 0. The molecule has 28 heavy (non-hydrogen) atoms. The largest absolute Gasteiger partial charge is 0.321 e. The van der Waals surface area contributed by atoms with Crippen LogP contribution in [0.15, 0.2) is 41.6 Å². The van der Waals surface area contributed by atoms with E-state index in [2.05, 4.69) is 19.5 Å². The number of hydrogen-bond donors (Lipinski definition) is 1. The first kappa shape index (κ1) is 17.2. The summed E-state index contributed by atoms with van der Waals surface area (Å²) in [6.45, 7) is 2.43. The maximum absolute atomic E-state index is 11.5. The van der Waals surface area contributed by atoms with Gasteiger partial charge in [-0.25, -0.2) is 28.5 Å². The van der Waals surface area contributed by atoms with Crippen LogP contribution in [0, 0.1) is 6.92 Å². The molecule has 4 aromatic heterocycles. The van der Waals surface area contributed by atoms with Crippen molar-refractivity contribution in [3.63, 3.8) is 0 Å². The van der Waals surface area contributed by atoms with E-state index in [0.29, 0.717) is 18.1 Å². The second-order valence-electron chi connectivity index (χ2n) is 7.18. The Hall–Kier alpha value is -2.91. The van der Waals surface area contributed by atoms with Crippen LogP contribution in [0.4, 0.5) is 0 Å². The monoisotopic (exact) mass is 394 g/mol. The summed E-state index contributed by atoms with van der Waals surface area (Å²) < 4.78 is 25.1. The van der Waals surface area contributed by atoms with Gasteiger partial charge in [-0.15, -0.1) is 0 Å². The molecule has 0 saturated heterocycles. The smallest absolute Gasteiger partial charge is 0.239 e. The third-order valence-corrected chi connectivity index (χ3v) is 5.89. The lowest BCUT2D eigenvalue weighted by Crippen LogP contribution is -2.13. The van der Waals surface area contributed by atoms with Gasteiger partial charge in [-0.2, -0.15) is 0 Å². The van der Waals surface area contributed by atoms with Gasteiger partial charge >= 0.3 is 0 Å². The lowest BCUT2D eigenvalue weighted by atomic mass is 10.2. The second-order valence-corrected chi connectivity index (χ2v) is 8.74. The Kier molecular flexibility index (Phi) is 3.72. The van der Waals surface area contributed by atoms with E-state index in [1.807, 2.05) is 19.1 Å². The first-order chi connectivity index (χ1) is 13.4. The second kappa shape index (κ2) is 6.05. The number of imidazole rings is 1. The van der Waals surface area contributed by atoms with Crippen LogP contribution in [-0.2, 0) is 16.6 Å². The van der Waals surface area contributed by atoms with E-state index in [4.69, 9.17) is 10.1 Å². The fourth-order valence-corrected chi connectivity index (χ4v) is 3.92. The van der Waals surface area contributed by atoms with Crippen molar-refractivity contribution in [2.75, 3.05) is 0 Å². The molecule has 0 spiro atoms. The summed E-state index contributed by atoms with van der Waals surface area (Å²) in [5, 5.41) is 6.11. The number of rotatable bonds is 4. The number of fused-ring (bicyclic) bond motifs is 3. The summed E-state index contributed by atoms with van der Waals surface area (Å²) in [5.74, 6) is 1.45. The molecule has 4 aromatic rings. The maximum Gasteiger partial charge on any atom is 0.239 e. The van der Waals surface area contributed by atoms with Crippen LogP contribution in [0.25, 0.3) is 22.1 Å². The molecule has 0 radical (unpaired) electrons. The van der Waals surface area contributed by atoms with Crippen molar-refractivity contribution in [3.8, 4) is 0 Å². The number of primary sulfonamides is 1. The minimum absolute atomic E-state index is 0.00322. The fraction of sp³-hybridized carbons (Fsp3) is 0.263. The molecular formula is C19H18N6O2S. The average Bonchev–Trinajstić information content (AvgIpc) is 3.44. The molecular weight excluding hydrogens is 376 g/mol. The van der Waals surface area contributed by atoms with E-state index >= 15 is 0 Å². The fourth-order valence-electron chi connectivity index (χ4n) is 3.46. The Balaban J connectivity index is 1.67. The van der Waals surface area contributed by atoms with Gasteiger partial charge in [0.25, 0.3) is 0 Å². The molecule has 0 amide bonds. The average molecular weight is 394 g/mol. The van der Waals surface area contributed by atoms with E-state index in [1.165, 1.54) is 12.3 Å². The maximum atomic E-state index is 11.5. The summed E-state index contributed by atoms with van der Waals surface area (Å²) in [4.78, 5) is 18.1. The zero-order valence-electron chi connectivity index (χ0n) is 15.2. The number of hydrogen-bond acceptors (Lipinski definition) is 6. The molecule has 2 N–H and O–H groups in total. The quantitative estimate of drug-likeness (QED) is 0.567. The minimum Gasteiger partial charge on any atom is -0.321 e.